The third kappa shape index (κ3) is 4.64. The summed E-state index contributed by atoms with van der Waals surface area (Å²) < 4.78 is 31.9. The van der Waals surface area contributed by atoms with Crippen LogP contribution in [-0.2, 0) is 24.3 Å². The highest BCUT2D eigenvalue weighted by atomic mass is 32.2. The van der Waals surface area contributed by atoms with Gasteiger partial charge in [-0.25, -0.2) is 8.42 Å². The molecule has 0 unspecified atom stereocenters. The van der Waals surface area contributed by atoms with Crippen molar-refractivity contribution >= 4 is 27.6 Å². The van der Waals surface area contributed by atoms with Crippen molar-refractivity contribution in [1.29, 1.82) is 0 Å². The topological polar surface area (TPSA) is 92.8 Å². The van der Waals surface area contributed by atoms with Crippen molar-refractivity contribution in [2.24, 2.45) is 17.8 Å². The number of hydrogen-bond donors (Lipinski definition) is 1. The molecule has 0 radical (unpaired) electrons. The zero-order valence-electron chi connectivity index (χ0n) is 16.5. The third-order valence-electron chi connectivity index (χ3n) is 6.50. The first-order valence-electron chi connectivity index (χ1n) is 10.5. The zero-order valence-corrected chi connectivity index (χ0v) is 17.3. The van der Waals surface area contributed by atoms with Crippen LogP contribution in [0.3, 0.4) is 0 Å². The van der Waals surface area contributed by atoms with Crippen LogP contribution < -0.4 is 5.32 Å². The van der Waals surface area contributed by atoms with Gasteiger partial charge in [0.05, 0.1) is 4.90 Å². The molecule has 3 fully saturated rings. The van der Waals surface area contributed by atoms with Crippen LogP contribution in [0.5, 0.6) is 0 Å². The summed E-state index contributed by atoms with van der Waals surface area (Å²) in [4.78, 5) is 24.4. The summed E-state index contributed by atoms with van der Waals surface area (Å²) in [6.45, 7) is 0.692. The van der Waals surface area contributed by atoms with Gasteiger partial charge < -0.3 is 10.1 Å². The highest BCUT2D eigenvalue weighted by molar-refractivity contribution is 7.89. The third-order valence-corrected chi connectivity index (χ3v) is 8.39. The van der Waals surface area contributed by atoms with Gasteiger partial charge in [-0.1, -0.05) is 12.5 Å². The first kappa shape index (κ1) is 20.3. The Labute approximate surface area is 171 Å². The van der Waals surface area contributed by atoms with Crippen LogP contribution in [0.2, 0.25) is 0 Å². The predicted octanol–water partition coefficient (Wildman–Crippen LogP) is 2.78. The summed E-state index contributed by atoms with van der Waals surface area (Å²) in [5.41, 5.74) is 0.374. The minimum Gasteiger partial charge on any atom is -0.456 e. The van der Waals surface area contributed by atoms with Crippen LogP contribution in [0.4, 0.5) is 5.69 Å². The molecule has 3 atom stereocenters. The van der Waals surface area contributed by atoms with Gasteiger partial charge in [-0.05, 0) is 68.1 Å². The molecule has 2 saturated carbocycles. The molecule has 29 heavy (non-hydrogen) atoms. The Morgan fingerprint density at radius 1 is 1.14 bits per heavy atom. The van der Waals surface area contributed by atoms with Crippen molar-refractivity contribution in [3.8, 4) is 0 Å². The number of carbonyl (C=O) groups is 2. The normalized spacial score (nSPS) is 26.6. The molecule has 1 heterocycles. The van der Waals surface area contributed by atoms with Crippen LogP contribution in [-0.4, -0.2) is 44.3 Å². The van der Waals surface area contributed by atoms with E-state index in [4.69, 9.17) is 4.74 Å². The van der Waals surface area contributed by atoms with Crippen LogP contribution in [0.15, 0.2) is 29.2 Å². The van der Waals surface area contributed by atoms with Gasteiger partial charge in [-0.15, -0.1) is 0 Å². The lowest BCUT2D eigenvalue weighted by Gasteiger charge is -2.20. The van der Waals surface area contributed by atoms with Crippen molar-refractivity contribution in [2.45, 2.75) is 49.8 Å². The van der Waals surface area contributed by atoms with Gasteiger partial charge in [0.2, 0.25) is 10.0 Å². The molecule has 1 aliphatic heterocycles. The van der Waals surface area contributed by atoms with E-state index in [9.17, 15) is 18.0 Å². The van der Waals surface area contributed by atoms with Crippen molar-refractivity contribution in [3.63, 3.8) is 0 Å². The predicted molar refractivity (Wildman–Crippen MR) is 108 cm³/mol. The summed E-state index contributed by atoms with van der Waals surface area (Å²) in [6.07, 6.45) is 6.94. The number of rotatable bonds is 7. The molecular weight excluding hydrogens is 392 g/mol. The molecule has 1 N–H and O–H groups in total. The molecule has 2 bridgehead atoms. The number of amides is 1. The minimum absolute atomic E-state index is 0.158. The monoisotopic (exact) mass is 420 g/mol. The highest BCUT2D eigenvalue weighted by Crippen LogP contribution is 2.49. The van der Waals surface area contributed by atoms with Crippen molar-refractivity contribution in [1.82, 2.24) is 4.31 Å². The smallest absolute Gasteiger partial charge is 0.306 e. The number of hydrogen-bond acceptors (Lipinski definition) is 5. The standard InChI is InChI=1S/C21H28N2O5S/c24-20(14-28-21(25)12-17-11-15-6-7-16(17)10-15)22-18-4-3-5-19(13-18)29(26,27)23-8-1-2-9-23/h3-5,13,15-17H,1-2,6-12,14H2,(H,22,24)/t15-,16-,17+/m1/s1. The van der Waals surface area contributed by atoms with E-state index < -0.39 is 15.9 Å². The summed E-state index contributed by atoms with van der Waals surface area (Å²) in [6, 6.07) is 6.19. The average Bonchev–Trinajstić information content (AvgIpc) is 3.45. The van der Waals surface area contributed by atoms with Gasteiger partial charge >= 0.3 is 5.97 Å². The van der Waals surface area contributed by atoms with Gasteiger partial charge in [0, 0.05) is 25.2 Å². The first-order chi connectivity index (χ1) is 13.9. The fraction of sp³-hybridized carbons (Fsp3) is 0.619. The maximum Gasteiger partial charge on any atom is 0.306 e. The molecule has 7 nitrogen and oxygen atoms in total. The summed E-state index contributed by atoms with van der Waals surface area (Å²) in [7, 11) is -3.54. The Morgan fingerprint density at radius 3 is 2.62 bits per heavy atom. The number of benzene rings is 1. The highest BCUT2D eigenvalue weighted by Gasteiger charge is 2.40. The summed E-state index contributed by atoms with van der Waals surface area (Å²) >= 11 is 0. The molecule has 1 amide bonds. The van der Waals surface area contributed by atoms with E-state index in [0.29, 0.717) is 37.0 Å². The Bertz CT molecular complexity index is 879. The Morgan fingerprint density at radius 2 is 1.93 bits per heavy atom. The maximum absolute atomic E-state index is 12.7. The van der Waals surface area contributed by atoms with E-state index in [-0.39, 0.29) is 17.5 Å². The van der Waals surface area contributed by atoms with E-state index in [1.165, 1.54) is 35.7 Å². The number of anilines is 1. The lowest BCUT2D eigenvalue weighted by Crippen LogP contribution is -2.28. The molecule has 1 saturated heterocycles. The molecule has 2 aliphatic carbocycles. The number of ether oxygens (including phenoxy) is 1. The van der Waals surface area contributed by atoms with E-state index >= 15 is 0 Å². The average molecular weight is 421 g/mol. The number of nitrogens with one attached hydrogen (secondary N) is 1. The van der Waals surface area contributed by atoms with E-state index in [1.54, 1.807) is 12.1 Å². The quantitative estimate of drug-likeness (QED) is 0.685. The zero-order chi connectivity index (χ0) is 20.4. The van der Waals surface area contributed by atoms with Crippen molar-refractivity contribution in [3.05, 3.63) is 24.3 Å². The molecule has 8 heteroatoms. The Balaban J connectivity index is 1.28. The Kier molecular flexibility index (Phi) is 5.92. The van der Waals surface area contributed by atoms with E-state index in [0.717, 1.165) is 25.2 Å². The second-order valence-corrected chi connectivity index (χ2v) is 10.4. The van der Waals surface area contributed by atoms with Gasteiger partial charge in [0.15, 0.2) is 6.61 Å². The molecule has 158 valence electrons. The fourth-order valence-corrected chi connectivity index (χ4v) is 6.62. The van der Waals surface area contributed by atoms with Gasteiger partial charge in [-0.3, -0.25) is 9.59 Å². The maximum atomic E-state index is 12.7. The Hall–Kier alpha value is -1.93. The molecule has 0 aromatic heterocycles. The number of fused-ring (bicyclic) bond motifs is 2. The van der Waals surface area contributed by atoms with Crippen LogP contribution >= 0.6 is 0 Å². The van der Waals surface area contributed by atoms with E-state index in [2.05, 4.69) is 5.32 Å². The number of carbonyl (C=O) groups excluding carboxylic acids is 2. The van der Waals surface area contributed by atoms with Gasteiger partial charge in [0.1, 0.15) is 0 Å². The van der Waals surface area contributed by atoms with Crippen LogP contribution in [0.1, 0.15) is 44.9 Å². The molecule has 0 spiro atoms. The van der Waals surface area contributed by atoms with Crippen LogP contribution in [0.25, 0.3) is 0 Å². The SMILES string of the molecule is O=C(COC(=O)C[C@@H]1C[C@@H]2CC[C@@H]1C2)Nc1cccc(S(=O)(=O)N2CCCC2)c1. The minimum atomic E-state index is -3.54. The number of esters is 1. The van der Waals surface area contributed by atoms with Crippen molar-refractivity contribution < 1.29 is 22.7 Å². The van der Waals surface area contributed by atoms with Crippen molar-refractivity contribution in [2.75, 3.05) is 25.0 Å². The van der Waals surface area contributed by atoms with Crippen LogP contribution in [0, 0.1) is 17.8 Å². The fourth-order valence-electron chi connectivity index (χ4n) is 5.05. The second kappa shape index (κ2) is 8.44. The molecule has 3 aliphatic rings. The lowest BCUT2D eigenvalue weighted by molar-refractivity contribution is -0.148. The number of sulfonamides is 1. The summed E-state index contributed by atoms with van der Waals surface area (Å²) in [5, 5.41) is 2.62. The van der Waals surface area contributed by atoms with Gasteiger partial charge in [-0.2, -0.15) is 4.31 Å². The second-order valence-electron chi connectivity index (χ2n) is 8.49. The molecule has 4 rings (SSSR count). The largest absolute Gasteiger partial charge is 0.456 e. The molecule has 1 aromatic carbocycles. The summed E-state index contributed by atoms with van der Waals surface area (Å²) in [5.74, 6) is 1.01. The number of nitrogens with zero attached hydrogens (tertiary/aromatic N) is 1. The first-order valence-corrected chi connectivity index (χ1v) is 11.9. The molecular formula is C21H28N2O5S. The van der Waals surface area contributed by atoms with E-state index in [1.807, 2.05) is 0 Å². The lowest BCUT2D eigenvalue weighted by atomic mass is 9.86. The molecule has 1 aromatic rings. The van der Waals surface area contributed by atoms with Gasteiger partial charge in [0.25, 0.3) is 5.91 Å².